The molecule has 202 valence electrons. The second-order valence-corrected chi connectivity index (χ2v) is 13.2. The van der Waals surface area contributed by atoms with Crippen LogP contribution in [0.3, 0.4) is 0 Å². The van der Waals surface area contributed by atoms with Crippen LogP contribution in [0.4, 0.5) is 17.1 Å². The monoisotopic (exact) mass is 583 g/mol. The van der Waals surface area contributed by atoms with Crippen molar-refractivity contribution >= 4 is 90.9 Å². The van der Waals surface area contributed by atoms with Crippen molar-refractivity contribution in [2.45, 2.75) is 0 Å². The first-order valence-corrected chi connectivity index (χ1v) is 16.1. The Bertz CT molecular complexity index is 2370. The fourth-order valence-corrected chi connectivity index (χ4v) is 8.52. The van der Waals surface area contributed by atoms with E-state index in [4.69, 9.17) is 0 Å². The molecule has 1 nitrogen and oxygen atoms in total. The molecule has 0 bridgehead atoms. The van der Waals surface area contributed by atoms with Crippen molar-refractivity contribution in [2.24, 2.45) is 0 Å². The lowest BCUT2D eigenvalue weighted by atomic mass is 10.0. The Kier molecular flexibility index (Phi) is 5.62. The molecule has 0 spiro atoms. The lowest BCUT2D eigenvalue weighted by molar-refractivity contribution is 1.30. The normalized spacial score (nSPS) is 11.7. The highest BCUT2D eigenvalue weighted by molar-refractivity contribution is 7.26. The molecular formula is C40H25NS2. The van der Waals surface area contributed by atoms with Gasteiger partial charge in [-0.1, -0.05) is 84.9 Å². The average Bonchev–Trinajstić information content (AvgIpc) is 3.63. The fraction of sp³-hybridized carbons (Fsp3) is 0. The molecule has 9 aromatic rings. The van der Waals surface area contributed by atoms with Crippen molar-refractivity contribution in [1.29, 1.82) is 0 Å². The Morgan fingerprint density at radius 3 is 1.53 bits per heavy atom. The highest BCUT2D eigenvalue weighted by Gasteiger charge is 2.17. The van der Waals surface area contributed by atoms with Gasteiger partial charge in [-0.3, -0.25) is 0 Å². The molecule has 0 N–H and O–H groups in total. The summed E-state index contributed by atoms with van der Waals surface area (Å²) in [5.74, 6) is 0. The van der Waals surface area contributed by atoms with Gasteiger partial charge in [-0.15, -0.1) is 22.7 Å². The van der Waals surface area contributed by atoms with Gasteiger partial charge in [0.15, 0.2) is 0 Å². The fourth-order valence-electron chi connectivity index (χ4n) is 6.35. The zero-order valence-electron chi connectivity index (χ0n) is 23.2. The van der Waals surface area contributed by atoms with Crippen LogP contribution in [0.2, 0.25) is 0 Å². The van der Waals surface area contributed by atoms with Gasteiger partial charge in [0, 0.05) is 57.4 Å². The van der Waals surface area contributed by atoms with E-state index in [1.165, 1.54) is 62.2 Å². The predicted molar refractivity (Wildman–Crippen MR) is 190 cm³/mol. The number of rotatable bonds is 4. The maximum Gasteiger partial charge on any atom is 0.0468 e. The first-order valence-electron chi connectivity index (χ1n) is 14.5. The van der Waals surface area contributed by atoms with Gasteiger partial charge in [0.1, 0.15) is 0 Å². The summed E-state index contributed by atoms with van der Waals surface area (Å²) in [6.45, 7) is 0. The van der Waals surface area contributed by atoms with E-state index in [9.17, 15) is 0 Å². The zero-order chi connectivity index (χ0) is 28.3. The van der Waals surface area contributed by atoms with E-state index < -0.39 is 0 Å². The third kappa shape index (κ3) is 4.12. The molecule has 0 amide bonds. The summed E-state index contributed by atoms with van der Waals surface area (Å²) >= 11 is 3.72. The van der Waals surface area contributed by atoms with E-state index in [0.29, 0.717) is 0 Å². The van der Waals surface area contributed by atoms with Crippen molar-refractivity contribution in [3.63, 3.8) is 0 Å². The minimum Gasteiger partial charge on any atom is -0.310 e. The standard InChI is InChI=1S/C40H25NS2/c1-2-9-27-22-29(17-16-26(27)8-1)28-10-7-11-30(23-28)41(31-18-20-39-35(24-31)33-12-3-5-14-37(33)42-39)32-19-21-40-36(25-32)34-13-4-6-15-38(34)43-40/h1-25H. The van der Waals surface area contributed by atoms with Gasteiger partial charge in [0.05, 0.1) is 0 Å². The molecule has 3 heteroatoms. The lowest BCUT2D eigenvalue weighted by Crippen LogP contribution is -2.09. The van der Waals surface area contributed by atoms with E-state index in [2.05, 4.69) is 157 Å². The van der Waals surface area contributed by atoms with Crippen LogP contribution in [0.1, 0.15) is 0 Å². The maximum absolute atomic E-state index is 2.42. The second-order valence-electron chi connectivity index (χ2n) is 11.0. The summed E-state index contributed by atoms with van der Waals surface area (Å²) in [5.41, 5.74) is 5.89. The minimum absolute atomic E-state index is 1.14. The molecule has 0 aliphatic carbocycles. The van der Waals surface area contributed by atoms with Crippen molar-refractivity contribution in [3.05, 3.63) is 152 Å². The molecule has 0 saturated heterocycles. The summed E-state index contributed by atoms with van der Waals surface area (Å²) in [7, 11) is 0. The van der Waals surface area contributed by atoms with Crippen molar-refractivity contribution < 1.29 is 0 Å². The van der Waals surface area contributed by atoms with Crippen LogP contribution in [-0.2, 0) is 0 Å². The van der Waals surface area contributed by atoms with E-state index in [0.717, 1.165) is 17.1 Å². The molecule has 43 heavy (non-hydrogen) atoms. The first kappa shape index (κ1) is 24.6. The smallest absolute Gasteiger partial charge is 0.0468 e. The molecule has 7 aromatic carbocycles. The predicted octanol–water partition coefficient (Wildman–Crippen LogP) is 12.7. The Labute approximate surface area is 257 Å². The quantitative estimate of drug-likeness (QED) is 0.199. The van der Waals surface area contributed by atoms with Crippen LogP contribution in [0, 0.1) is 0 Å². The highest BCUT2D eigenvalue weighted by atomic mass is 32.1. The Morgan fingerprint density at radius 2 is 0.860 bits per heavy atom. The van der Waals surface area contributed by atoms with Gasteiger partial charge in [-0.25, -0.2) is 0 Å². The molecule has 0 saturated carbocycles. The maximum atomic E-state index is 2.42. The van der Waals surface area contributed by atoms with Gasteiger partial charge < -0.3 is 4.90 Å². The Morgan fingerprint density at radius 1 is 0.326 bits per heavy atom. The van der Waals surface area contributed by atoms with Crippen LogP contribution >= 0.6 is 22.7 Å². The van der Waals surface area contributed by atoms with Crippen LogP contribution in [0.25, 0.3) is 62.2 Å². The molecule has 0 aliphatic heterocycles. The molecular weight excluding hydrogens is 559 g/mol. The van der Waals surface area contributed by atoms with E-state index in [-0.39, 0.29) is 0 Å². The molecule has 0 aliphatic rings. The number of thiophene rings is 2. The summed E-state index contributed by atoms with van der Waals surface area (Å²) in [6, 6.07) is 55.6. The second kappa shape index (κ2) is 9.81. The van der Waals surface area contributed by atoms with Crippen LogP contribution in [-0.4, -0.2) is 0 Å². The van der Waals surface area contributed by atoms with E-state index in [1.807, 2.05) is 22.7 Å². The zero-order valence-corrected chi connectivity index (χ0v) is 24.8. The number of hydrogen-bond donors (Lipinski definition) is 0. The molecule has 0 atom stereocenters. The highest BCUT2D eigenvalue weighted by Crippen LogP contribution is 2.43. The van der Waals surface area contributed by atoms with Gasteiger partial charge in [-0.2, -0.15) is 0 Å². The Balaban J connectivity index is 1.26. The lowest BCUT2D eigenvalue weighted by Gasteiger charge is -2.26. The first-order chi connectivity index (χ1) is 21.3. The number of nitrogens with zero attached hydrogens (tertiary/aromatic N) is 1. The van der Waals surface area contributed by atoms with Crippen LogP contribution < -0.4 is 4.90 Å². The molecule has 2 heterocycles. The largest absolute Gasteiger partial charge is 0.310 e. The summed E-state index contributed by atoms with van der Waals surface area (Å²) < 4.78 is 5.28. The number of hydrogen-bond acceptors (Lipinski definition) is 3. The molecule has 0 fully saturated rings. The third-order valence-electron chi connectivity index (χ3n) is 8.42. The van der Waals surface area contributed by atoms with Crippen molar-refractivity contribution in [3.8, 4) is 11.1 Å². The average molecular weight is 584 g/mol. The molecule has 9 rings (SSSR count). The molecule has 0 unspecified atom stereocenters. The Hall–Kier alpha value is -4.96. The van der Waals surface area contributed by atoms with Crippen molar-refractivity contribution in [1.82, 2.24) is 0 Å². The van der Waals surface area contributed by atoms with Gasteiger partial charge >= 0.3 is 0 Å². The van der Waals surface area contributed by atoms with Gasteiger partial charge in [0.25, 0.3) is 0 Å². The van der Waals surface area contributed by atoms with Crippen molar-refractivity contribution in [2.75, 3.05) is 4.90 Å². The number of anilines is 3. The molecule has 0 radical (unpaired) electrons. The number of benzene rings is 7. The van der Waals surface area contributed by atoms with E-state index in [1.54, 1.807) is 0 Å². The summed E-state index contributed by atoms with van der Waals surface area (Å²) in [5, 5.41) is 7.75. The third-order valence-corrected chi connectivity index (χ3v) is 10.7. The van der Waals surface area contributed by atoms with E-state index >= 15 is 0 Å². The SMILES string of the molecule is c1cc(-c2ccc3ccccc3c2)cc(N(c2ccc3sc4ccccc4c3c2)c2ccc3sc4ccccc4c3c2)c1. The summed E-state index contributed by atoms with van der Waals surface area (Å²) in [4.78, 5) is 2.42. The number of fused-ring (bicyclic) bond motifs is 7. The molecule has 2 aromatic heterocycles. The van der Waals surface area contributed by atoms with Gasteiger partial charge in [-0.05, 0) is 88.6 Å². The van der Waals surface area contributed by atoms with Gasteiger partial charge in [0.2, 0.25) is 0 Å². The van der Waals surface area contributed by atoms with Crippen LogP contribution in [0.15, 0.2) is 152 Å². The summed E-state index contributed by atoms with van der Waals surface area (Å²) in [6.07, 6.45) is 0. The minimum atomic E-state index is 1.14. The van der Waals surface area contributed by atoms with Crippen LogP contribution in [0.5, 0.6) is 0 Å². The topological polar surface area (TPSA) is 3.24 Å².